The molecule has 2 heteroatoms. The van der Waals surface area contributed by atoms with Gasteiger partial charge in [-0.05, 0) is 25.0 Å². The van der Waals surface area contributed by atoms with E-state index in [0.29, 0.717) is 5.92 Å². The molecule has 0 bridgehead atoms. The molecule has 1 fully saturated rings. The van der Waals surface area contributed by atoms with Crippen molar-refractivity contribution in [2.24, 2.45) is 7.05 Å². The Bertz CT molecular complexity index is 319. The molecule has 0 aliphatic heterocycles. The predicted octanol–water partition coefficient (Wildman–Crippen LogP) is 3.11. The summed E-state index contributed by atoms with van der Waals surface area (Å²) in [6, 6.07) is 2.18. The lowest BCUT2D eigenvalue weighted by atomic mass is 9.87. The van der Waals surface area contributed by atoms with E-state index in [9.17, 15) is 0 Å². The van der Waals surface area contributed by atoms with Gasteiger partial charge in [-0.15, -0.1) is 0 Å². The first-order chi connectivity index (χ1) is 6.81. The maximum absolute atomic E-state index is 4.55. The Labute approximate surface area is 85.6 Å². The van der Waals surface area contributed by atoms with E-state index < -0.39 is 0 Å². The molecule has 0 spiro atoms. The molecule has 0 radical (unpaired) electrons. The van der Waals surface area contributed by atoms with Crippen molar-refractivity contribution >= 4 is 6.08 Å². The van der Waals surface area contributed by atoms with Crippen LogP contribution in [0.5, 0.6) is 0 Å². The summed E-state index contributed by atoms with van der Waals surface area (Å²) >= 11 is 0. The van der Waals surface area contributed by atoms with Gasteiger partial charge in [-0.2, -0.15) is 5.10 Å². The number of hydrogen-bond donors (Lipinski definition) is 0. The highest BCUT2D eigenvalue weighted by atomic mass is 15.3. The van der Waals surface area contributed by atoms with E-state index in [1.165, 1.54) is 37.8 Å². The lowest BCUT2D eigenvalue weighted by Crippen LogP contribution is -2.05. The van der Waals surface area contributed by atoms with Crippen LogP contribution >= 0.6 is 0 Å². The van der Waals surface area contributed by atoms with Crippen molar-refractivity contribution in [2.75, 3.05) is 0 Å². The van der Waals surface area contributed by atoms with Crippen LogP contribution in [0.1, 0.15) is 49.4 Å². The van der Waals surface area contributed by atoms with Crippen molar-refractivity contribution < 1.29 is 0 Å². The van der Waals surface area contributed by atoms with Crippen molar-refractivity contribution in [3.8, 4) is 0 Å². The number of hydrogen-bond acceptors (Lipinski definition) is 1. The minimum Gasteiger partial charge on any atom is -0.268 e. The van der Waals surface area contributed by atoms with Gasteiger partial charge in [-0.3, -0.25) is 4.68 Å². The highest BCUT2D eigenvalue weighted by Crippen LogP contribution is 2.32. The van der Waals surface area contributed by atoms with Gasteiger partial charge in [0, 0.05) is 13.0 Å². The molecule has 2 rings (SSSR count). The van der Waals surface area contributed by atoms with Crippen LogP contribution in [0.15, 0.2) is 12.6 Å². The standard InChI is InChI=1S/C12H18N2/c1-3-11-9-12(13-14(11)2)10-7-5-4-6-8-10/h3,9-10H,1,4-8H2,2H3. The molecule has 0 atom stereocenters. The Morgan fingerprint density at radius 3 is 2.71 bits per heavy atom. The molecular formula is C12H18N2. The van der Waals surface area contributed by atoms with Gasteiger partial charge in [0.1, 0.15) is 0 Å². The van der Waals surface area contributed by atoms with Crippen LogP contribution in [0.4, 0.5) is 0 Å². The molecule has 1 aliphatic carbocycles. The SMILES string of the molecule is C=Cc1cc(C2CCCCC2)nn1C. The fourth-order valence-electron chi connectivity index (χ4n) is 2.29. The van der Waals surface area contributed by atoms with Gasteiger partial charge >= 0.3 is 0 Å². The highest BCUT2D eigenvalue weighted by molar-refractivity contribution is 5.42. The van der Waals surface area contributed by atoms with Crippen molar-refractivity contribution in [1.29, 1.82) is 0 Å². The van der Waals surface area contributed by atoms with Crippen LogP contribution in [-0.2, 0) is 7.05 Å². The second-order valence-corrected chi connectivity index (χ2v) is 4.16. The fourth-order valence-corrected chi connectivity index (χ4v) is 2.29. The number of nitrogens with zero attached hydrogens (tertiary/aromatic N) is 2. The molecular weight excluding hydrogens is 172 g/mol. The largest absolute Gasteiger partial charge is 0.268 e. The molecule has 0 saturated heterocycles. The molecule has 1 aliphatic rings. The average Bonchev–Trinajstić information content (AvgIpc) is 2.61. The zero-order chi connectivity index (χ0) is 9.97. The van der Waals surface area contributed by atoms with Gasteiger partial charge in [-0.1, -0.05) is 25.8 Å². The van der Waals surface area contributed by atoms with Crippen molar-refractivity contribution in [2.45, 2.75) is 38.0 Å². The van der Waals surface area contributed by atoms with E-state index >= 15 is 0 Å². The fraction of sp³-hybridized carbons (Fsp3) is 0.583. The second kappa shape index (κ2) is 3.99. The van der Waals surface area contributed by atoms with Gasteiger partial charge in [0.25, 0.3) is 0 Å². The molecule has 1 heterocycles. The summed E-state index contributed by atoms with van der Waals surface area (Å²) in [6.07, 6.45) is 8.63. The summed E-state index contributed by atoms with van der Waals surface area (Å²) in [4.78, 5) is 0. The predicted molar refractivity (Wildman–Crippen MR) is 59.1 cm³/mol. The molecule has 1 aromatic heterocycles. The smallest absolute Gasteiger partial charge is 0.0661 e. The Kier molecular flexibility index (Phi) is 2.71. The zero-order valence-electron chi connectivity index (χ0n) is 8.87. The van der Waals surface area contributed by atoms with Crippen LogP contribution in [-0.4, -0.2) is 9.78 Å². The lowest BCUT2D eigenvalue weighted by molar-refractivity contribution is 0.433. The number of aryl methyl sites for hydroxylation is 1. The summed E-state index contributed by atoms with van der Waals surface area (Å²) in [5, 5.41) is 4.55. The minimum atomic E-state index is 0.698. The maximum atomic E-state index is 4.55. The molecule has 14 heavy (non-hydrogen) atoms. The Balaban J connectivity index is 2.18. The van der Waals surface area contributed by atoms with Gasteiger partial charge in [-0.25, -0.2) is 0 Å². The molecule has 0 aromatic carbocycles. The third-order valence-electron chi connectivity index (χ3n) is 3.17. The van der Waals surface area contributed by atoms with Gasteiger partial charge < -0.3 is 0 Å². The van der Waals surface area contributed by atoms with Crippen LogP contribution in [0, 0.1) is 0 Å². The van der Waals surface area contributed by atoms with Crippen molar-refractivity contribution in [1.82, 2.24) is 9.78 Å². The number of aromatic nitrogens is 2. The molecule has 0 unspecified atom stereocenters. The molecule has 76 valence electrons. The summed E-state index contributed by atoms with van der Waals surface area (Å²) in [5.74, 6) is 0.698. The van der Waals surface area contributed by atoms with Gasteiger partial charge in [0.15, 0.2) is 0 Å². The van der Waals surface area contributed by atoms with Crippen LogP contribution in [0.25, 0.3) is 6.08 Å². The Morgan fingerprint density at radius 1 is 1.43 bits per heavy atom. The van der Waals surface area contributed by atoms with E-state index in [1.54, 1.807) is 0 Å². The zero-order valence-corrected chi connectivity index (χ0v) is 8.87. The molecule has 2 nitrogen and oxygen atoms in total. The third kappa shape index (κ3) is 1.74. The monoisotopic (exact) mass is 190 g/mol. The number of rotatable bonds is 2. The topological polar surface area (TPSA) is 17.8 Å². The van der Waals surface area contributed by atoms with Gasteiger partial charge in [0.2, 0.25) is 0 Å². The molecule has 1 aromatic rings. The van der Waals surface area contributed by atoms with E-state index in [0.717, 1.165) is 5.69 Å². The minimum absolute atomic E-state index is 0.698. The van der Waals surface area contributed by atoms with Gasteiger partial charge in [0.05, 0.1) is 11.4 Å². The van der Waals surface area contributed by atoms with E-state index in [4.69, 9.17) is 0 Å². The summed E-state index contributed by atoms with van der Waals surface area (Å²) in [5.41, 5.74) is 2.40. The van der Waals surface area contributed by atoms with Crippen LogP contribution < -0.4 is 0 Å². The molecule has 0 N–H and O–H groups in total. The average molecular weight is 190 g/mol. The van der Waals surface area contributed by atoms with Crippen LogP contribution in [0.2, 0.25) is 0 Å². The van der Waals surface area contributed by atoms with E-state index in [-0.39, 0.29) is 0 Å². The first-order valence-corrected chi connectivity index (χ1v) is 5.47. The van der Waals surface area contributed by atoms with Crippen molar-refractivity contribution in [3.05, 3.63) is 24.0 Å². The van der Waals surface area contributed by atoms with Crippen LogP contribution in [0.3, 0.4) is 0 Å². The van der Waals surface area contributed by atoms with E-state index in [2.05, 4.69) is 17.7 Å². The normalized spacial score (nSPS) is 18.4. The summed E-state index contributed by atoms with van der Waals surface area (Å²) < 4.78 is 1.93. The third-order valence-corrected chi connectivity index (χ3v) is 3.17. The van der Waals surface area contributed by atoms with Crippen molar-refractivity contribution in [3.63, 3.8) is 0 Å². The summed E-state index contributed by atoms with van der Waals surface area (Å²) in [6.45, 7) is 3.79. The molecule has 0 amide bonds. The Hall–Kier alpha value is -1.05. The first kappa shape index (κ1) is 9.50. The summed E-state index contributed by atoms with van der Waals surface area (Å²) in [7, 11) is 1.99. The quantitative estimate of drug-likeness (QED) is 0.700. The second-order valence-electron chi connectivity index (χ2n) is 4.16. The maximum Gasteiger partial charge on any atom is 0.0661 e. The lowest BCUT2D eigenvalue weighted by Gasteiger charge is -2.19. The Morgan fingerprint density at radius 2 is 2.14 bits per heavy atom. The highest BCUT2D eigenvalue weighted by Gasteiger charge is 2.18. The van der Waals surface area contributed by atoms with E-state index in [1.807, 2.05) is 17.8 Å². The first-order valence-electron chi connectivity index (χ1n) is 5.47. The molecule has 1 saturated carbocycles.